The fourth-order valence-electron chi connectivity index (χ4n) is 2.56. The Morgan fingerprint density at radius 3 is 2.48 bits per heavy atom. The summed E-state index contributed by atoms with van der Waals surface area (Å²) in [7, 11) is 1.34. The first-order chi connectivity index (χ1) is 13.1. The van der Waals surface area contributed by atoms with Crippen molar-refractivity contribution in [3.63, 3.8) is 0 Å². The molecule has 27 heavy (non-hydrogen) atoms. The molecule has 1 heterocycles. The van der Waals surface area contributed by atoms with Crippen LogP contribution in [-0.2, 0) is 4.74 Å². The molecule has 1 aromatic heterocycles. The van der Waals surface area contributed by atoms with Crippen molar-refractivity contribution in [3.8, 4) is 0 Å². The van der Waals surface area contributed by atoms with Gasteiger partial charge in [0.2, 0.25) is 0 Å². The van der Waals surface area contributed by atoms with E-state index in [1.54, 1.807) is 42.6 Å². The smallest absolute Gasteiger partial charge is 0.337 e. The summed E-state index contributed by atoms with van der Waals surface area (Å²) in [5, 5.41) is 5.94. The van der Waals surface area contributed by atoms with Crippen LogP contribution in [0, 0.1) is 6.92 Å². The van der Waals surface area contributed by atoms with Gasteiger partial charge in [-0.3, -0.25) is 4.79 Å². The molecule has 3 aromatic rings. The van der Waals surface area contributed by atoms with Crippen LogP contribution in [0.4, 0.5) is 17.2 Å². The van der Waals surface area contributed by atoms with Crippen molar-refractivity contribution >= 4 is 29.1 Å². The number of pyridine rings is 1. The minimum atomic E-state index is -0.402. The summed E-state index contributed by atoms with van der Waals surface area (Å²) in [6.07, 6.45) is 1.57. The van der Waals surface area contributed by atoms with E-state index in [0.717, 1.165) is 5.56 Å². The van der Waals surface area contributed by atoms with E-state index in [-0.39, 0.29) is 5.91 Å². The summed E-state index contributed by atoms with van der Waals surface area (Å²) in [6.45, 7) is 1.89. The average Bonchev–Trinajstić information content (AvgIpc) is 2.69. The Labute approximate surface area is 157 Å². The molecule has 0 bridgehead atoms. The Morgan fingerprint density at radius 2 is 1.78 bits per heavy atom. The van der Waals surface area contributed by atoms with Gasteiger partial charge in [0.05, 0.1) is 24.6 Å². The Hall–Kier alpha value is -3.67. The van der Waals surface area contributed by atoms with E-state index >= 15 is 0 Å². The molecule has 0 atom stereocenters. The number of hydrogen-bond donors (Lipinski definition) is 2. The van der Waals surface area contributed by atoms with Crippen LogP contribution < -0.4 is 10.6 Å². The van der Waals surface area contributed by atoms with Crippen LogP contribution in [-0.4, -0.2) is 24.0 Å². The van der Waals surface area contributed by atoms with Gasteiger partial charge in [0, 0.05) is 11.3 Å². The third kappa shape index (κ3) is 4.49. The largest absolute Gasteiger partial charge is 0.465 e. The van der Waals surface area contributed by atoms with Gasteiger partial charge < -0.3 is 15.4 Å². The lowest BCUT2D eigenvalue weighted by Gasteiger charge is -2.09. The number of aryl methyl sites for hydroxylation is 1. The van der Waals surface area contributed by atoms with Crippen molar-refractivity contribution in [1.29, 1.82) is 0 Å². The van der Waals surface area contributed by atoms with Crippen LogP contribution in [0.2, 0.25) is 0 Å². The Balaban J connectivity index is 1.68. The molecule has 0 fully saturated rings. The van der Waals surface area contributed by atoms with Crippen molar-refractivity contribution in [3.05, 3.63) is 83.6 Å². The number of anilines is 3. The van der Waals surface area contributed by atoms with Crippen molar-refractivity contribution in [1.82, 2.24) is 4.98 Å². The van der Waals surface area contributed by atoms with Gasteiger partial charge >= 0.3 is 5.97 Å². The molecule has 6 heteroatoms. The summed E-state index contributed by atoms with van der Waals surface area (Å²) in [5.74, 6) is 0.00756. The molecule has 2 aromatic carbocycles. The number of rotatable bonds is 5. The van der Waals surface area contributed by atoms with Gasteiger partial charge in [-0.1, -0.05) is 24.3 Å². The van der Waals surface area contributed by atoms with Crippen LogP contribution in [0.3, 0.4) is 0 Å². The number of amides is 1. The van der Waals surface area contributed by atoms with Crippen LogP contribution in [0.1, 0.15) is 26.3 Å². The summed E-state index contributed by atoms with van der Waals surface area (Å²) >= 11 is 0. The van der Waals surface area contributed by atoms with Gasteiger partial charge in [0.15, 0.2) is 0 Å². The fourth-order valence-corrected chi connectivity index (χ4v) is 2.56. The highest BCUT2D eigenvalue weighted by molar-refractivity contribution is 6.05. The van der Waals surface area contributed by atoms with E-state index in [2.05, 4.69) is 15.6 Å². The molecule has 0 spiro atoms. The third-order valence-electron chi connectivity index (χ3n) is 3.97. The van der Waals surface area contributed by atoms with Crippen molar-refractivity contribution in [2.45, 2.75) is 6.92 Å². The van der Waals surface area contributed by atoms with Crippen LogP contribution in [0.15, 0.2) is 66.9 Å². The molecular formula is C21H19N3O3. The van der Waals surface area contributed by atoms with Gasteiger partial charge in [-0.15, -0.1) is 0 Å². The highest BCUT2D eigenvalue weighted by Gasteiger charge is 2.09. The van der Waals surface area contributed by atoms with Gasteiger partial charge in [-0.2, -0.15) is 0 Å². The second-order valence-corrected chi connectivity index (χ2v) is 5.90. The molecule has 3 rings (SSSR count). The van der Waals surface area contributed by atoms with Crippen molar-refractivity contribution < 1.29 is 14.3 Å². The number of nitrogens with zero attached hydrogens (tertiary/aromatic N) is 1. The molecule has 0 aliphatic heterocycles. The Morgan fingerprint density at radius 1 is 0.963 bits per heavy atom. The zero-order chi connectivity index (χ0) is 19.2. The highest BCUT2D eigenvalue weighted by Crippen LogP contribution is 2.18. The van der Waals surface area contributed by atoms with E-state index < -0.39 is 5.97 Å². The minimum absolute atomic E-state index is 0.179. The number of carbonyl (C=O) groups excluding carboxylic acids is 2. The maximum atomic E-state index is 12.3. The van der Waals surface area contributed by atoms with Gasteiger partial charge in [-0.25, -0.2) is 9.78 Å². The predicted octanol–water partition coefficient (Wildman–Crippen LogP) is 4.17. The summed E-state index contributed by atoms with van der Waals surface area (Å²) in [6, 6.07) is 17.8. The first-order valence-electron chi connectivity index (χ1n) is 8.35. The molecule has 6 nitrogen and oxygen atoms in total. The minimum Gasteiger partial charge on any atom is -0.465 e. The van der Waals surface area contributed by atoms with E-state index in [1.165, 1.54) is 7.11 Å². The molecule has 0 unspecified atom stereocenters. The average molecular weight is 361 g/mol. The number of methoxy groups -OCH3 is 1. The number of hydrogen-bond acceptors (Lipinski definition) is 5. The zero-order valence-corrected chi connectivity index (χ0v) is 15.0. The maximum absolute atomic E-state index is 12.3. The molecule has 0 aliphatic carbocycles. The van der Waals surface area contributed by atoms with Crippen LogP contribution >= 0.6 is 0 Å². The van der Waals surface area contributed by atoms with E-state index in [1.807, 2.05) is 31.2 Å². The Bertz CT molecular complexity index is 968. The predicted molar refractivity (Wildman–Crippen MR) is 104 cm³/mol. The SMILES string of the molecule is COC(=O)c1cccc(Nc2ccc(NC(=O)c3ccccc3C)cn2)c1. The molecule has 136 valence electrons. The normalized spacial score (nSPS) is 10.1. The standard InChI is InChI=1S/C21H19N3O3/c1-14-6-3-4-9-18(14)20(25)24-17-10-11-19(22-13-17)23-16-8-5-7-15(12-16)21(26)27-2/h3-13H,1-2H3,(H,22,23)(H,24,25). The number of aromatic nitrogens is 1. The van der Waals surface area contributed by atoms with Crippen LogP contribution in [0.25, 0.3) is 0 Å². The monoisotopic (exact) mass is 361 g/mol. The summed E-state index contributed by atoms with van der Waals surface area (Å²) in [4.78, 5) is 28.2. The lowest BCUT2D eigenvalue weighted by molar-refractivity contribution is 0.0600. The number of esters is 1. The lowest BCUT2D eigenvalue weighted by atomic mass is 10.1. The maximum Gasteiger partial charge on any atom is 0.337 e. The fraction of sp³-hybridized carbons (Fsp3) is 0.0952. The van der Waals surface area contributed by atoms with Gasteiger partial charge in [-0.05, 0) is 48.9 Å². The molecule has 1 amide bonds. The van der Waals surface area contributed by atoms with Crippen molar-refractivity contribution in [2.75, 3.05) is 17.7 Å². The molecule has 0 saturated heterocycles. The lowest BCUT2D eigenvalue weighted by Crippen LogP contribution is -2.13. The first kappa shape index (κ1) is 18.1. The summed E-state index contributed by atoms with van der Waals surface area (Å²) in [5.41, 5.74) is 3.29. The van der Waals surface area contributed by atoms with E-state index in [9.17, 15) is 9.59 Å². The molecule has 2 N–H and O–H groups in total. The third-order valence-corrected chi connectivity index (χ3v) is 3.97. The quantitative estimate of drug-likeness (QED) is 0.667. The van der Waals surface area contributed by atoms with Crippen molar-refractivity contribution in [2.24, 2.45) is 0 Å². The van der Waals surface area contributed by atoms with E-state index in [0.29, 0.717) is 28.3 Å². The number of benzene rings is 2. The van der Waals surface area contributed by atoms with Gasteiger partial charge in [0.25, 0.3) is 5.91 Å². The highest BCUT2D eigenvalue weighted by atomic mass is 16.5. The van der Waals surface area contributed by atoms with Crippen LogP contribution in [0.5, 0.6) is 0 Å². The molecular weight excluding hydrogens is 342 g/mol. The molecule has 0 saturated carbocycles. The first-order valence-corrected chi connectivity index (χ1v) is 8.35. The van der Waals surface area contributed by atoms with E-state index in [4.69, 9.17) is 4.74 Å². The number of nitrogens with one attached hydrogen (secondary N) is 2. The second-order valence-electron chi connectivity index (χ2n) is 5.90. The molecule has 0 radical (unpaired) electrons. The second kappa shape index (κ2) is 8.14. The van der Waals surface area contributed by atoms with Gasteiger partial charge in [0.1, 0.15) is 5.82 Å². The Kier molecular flexibility index (Phi) is 5.47. The number of carbonyl (C=O) groups is 2. The summed E-state index contributed by atoms with van der Waals surface area (Å²) < 4.78 is 4.72. The topological polar surface area (TPSA) is 80.3 Å². The molecule has 0 aliphatic rings. The number of ether oxygens (including phenoxy) is 1. The zero-order valence-electron chi connectivity index (χ0n) is 15.0.